The molecule has 0 radical (unpaired) electrons. The Morgan fingerprint density at radius 1 is 1.21 bits per heavy atom. The van der Waals surface area contributed by atoms with Gasteiger partial charge in [-0.1, -0.05) is 15.9 Å². The summed E-state index contributed by atoms with van der Waals surface area (Å²) in [6, 6.07) is 4.36. The summed E-state index contributed by atoms with van der Waals surface area (Å²) < 4.78 is 38.8. The summed E-state index contributed by atoms with van der Waals surface area (Å²) in [5, 5.41) is 2.12. The molecule has 2 nitrogen and oxygen atoms in total. The smallest absolute Gasteiger partial charge is 0.399 e. The lowest BCUT2D eigenvalue weighted by Gasteiger charge is -2.08. The van der Waals surface area contributed by atoms with Crippen molar-refractivity contribution < 1.29 is 18.0 Å². The zero-order chi connectivity index (χ0) is 14.2. The normalized spacial score (nSPS) is 11.6. The van der Waals surface area contributed by atoms with Crippen LogP contribution >= 0.6 is 27.3 Å². The molecule has 0 saturated heterocycles. The van der Waals surface area contributed by atoms with E-state index in [0.717, 1.165) is 16.7 Å². The predicted molar refractivity (Wildman–Crippen MR) is 71.3 cm³/mol. The first-order valence-electron chi connectivity index (χ1n) is 5.03. The van der Waals surface area contributed by atoms with Crippen molar-refractivity contribution in [3.8, 4) is 0 Å². The molecule has 1 aromatic heterocycles. The summed E-state index contributed by atoms with van der Waals surface area (Å²) in [7, 11) is 0. The lowest BCUT2D eigenvalue weighted by molar-refractivity contribution is -0.137. The summed E-state index contributed by atoms with van der Waals surface area (Å²) in [5.41, 5.74) is 4.73. The van der Waals surface area contributed by atoms with Crippen molar-refractivity contribution in [3.63, 3.8) is 0 Å². The molecule has 100 valence electrons. The molecule has 0 spiro atoms. The highest BCUT2D eigenvalue weighted by Gasteiger charge is 2.36. The minimum atomic E-state index is -4.54. The van der Waals surface area contributed by atoms with Gasteiger partial charge in [-0.15, -0.1) is 0 Å². The summed E-state index contributed by atoms with van der Waals surface area (Å²) >= 11 is 3.99. The molecule has 1 heterocycles. The second kappa shape index (κ2) is 4.97. The van der Waals surface area contributed by atoms with Gasteiger partial charge in [-0.3, -0.25) is 4.79 Å². The number of halogens is 4. The van der Waals surface area contributed by atoms with Gasteiger partial charge in [0, 0.05) is 32.0 Å². The highest BCUT2D eigenvalue weighted by Crippen LogP contribution is 2.35. The van der Waals surface area contributed by atoms with E-state index in [2.05, 4.69) is 15.9 Å². The predicted octanol–water partition coefficient (Wildman–Crippen LogP) is 4.34. The number of hydrogen-bond donors (Lipinski definition) is 1. The molecular formula is C12H7BrF3NOS. The van der Waals surface area contributed by atoms with Crippen LogP contribution in [-0.2, 0) is 6.18 Å². The first kappa shape index (κ1) is 14.1. The Kier molecular flexibility index (Phi) is 3.69. The van der Waals surface area contributed by atoms with Gasteiger partial charge in [-0.2, -0.15) is 24.5 Å². The number of anilines is 1. The molecular weight excluding hydrogens is 343 g/mol. The van der Waals surface area contributed by atoms with Crippen molar-refractivity contribution in [1.82, 2.24) is 0 Å². The number of benzene rings is 1. The maximum absolute atomic E-state index is 12.7. The second-order valence-corrected chi connectivity index (χ2v) is 5.46. The zero-order valence-corrected chi connectivity index (χ0v) is 11.7. The second-order valence-electron chi connectivity index (χ2n) is 3.80. The van der Waals surface area contributed by atoms with Gasteiger partial charge in [0.15, 0.2) is 5.78 Å². The van der Waals surface area contributed by atoms with Crippen LogP contribution < -0.4 is 5.73 Å². The maximum atomic E-state index is 12.7. The topological polar surface area (TPSA) is 43.1 Å². The number of nitrogens with two attached hydrogens (primary N) is 1. The first-order chi connectivity index (χ1) is 8.79. The summed E-state index contributed by atoms with van der Waals surface area (Å²) in [6.07, 6.45) is -4.54. The molecule has 7 heteroatoms. The van der Waals surface area contributed by atoms with Crippen LogP contribution in [0.5, 0.6) is 0 Å². The molecule has 0 bridgehead atoms. The Balaban J connectivity index is 2.48. The van der Waals surface area contributed by atoms with E-state index in [-0.39, 0.29) is 11.1 Å². The summed E-state index contributed by atoms with van der Waals surface area (Å²) in [6.45, 7) is 0. The van der Waals surface area contributed by atoms with E-state index in [4.69, 9.17) is 5.73 Å². The number of nitrogen functional groups attached to an aromatic ring is 1. The molecule has 0 unspecified atom stereocenters. The number of carbonyl (C=O) groups excluding carboxylic acids is 1. The van der Waals surface area contributed by atoms with E-state index in [9.17, 15) is 18.0 Å². The number of alkyl halides is 3. The van der Waals surface area contributed by atoms with Crippen molar-refractivity contribution in [2.45, 2.75) is 6.18 Å². The van der Waals surface area contributed by atoms with Gasteiger partial charge in [0.2, 0.25) is 0 Å². The minimum Gasteiger partial charge on any atom is -0.399 e. The van der Waals surface area contributed by atoms with Gasteiger partial charge in [0.05, 0.1) is 5.56 Å². The summed E-state index contributed by atoms with van der Waals surface area (Å²) in [5.74, 6) is -0.693. The molecule has 1 aromatic carbocycles. The third-order valence-electron chi connectivity index (χ3n) is 2.39. The van der Waals surface area contributed by atoms with Gasteiger partial charge >= 0.3 is 6.18 Å². The Labute approximate surface area is 119 Å². The number of ketones is 1. The van der Waals surface area contributed by atoms with Crippen molar-refractivity contribution in [2.24, 2.45) is 0 Å². The van der Waals surface area contributed by atoms with Crippen molar-refractivity contribution in [3.05, 3.63) is 50.1 Å². The molecule has 2 aromatic rings. The third-order valence-corrected chi connectivity index (χ3v) is 3.60. The van der Waals surface area contributed by atoms with E-state index in [1.807, 2.05) is 0 Å². The standard InChI is InChI=1S/C12H7BrF3NOS/c13-7-1-6(2-8(17)3-7)11(18)9-4-19-5-10(9)12(14,15)16/h1-5H,17H2. The van der Waals surface area contributed by atoms with Gasteiger partial charge in [-0.05, 0) is 18.2 Å². The average Bonchev–Trinajstić information content (AvgIpc) is 2.74. The Hall–Kier alpha value is -1.34. The van der Waals surface area contributed by atoms with Gasteiger partial charge in [0.1, 0.15) is 0 Å². The molecule has 19 heavy (non-hydrogen) atoms. The number of carbonyl (C=O) groups is 1. The van der Waals surface area contributed by atoms with Crippen molar-refractivity contribution in [2.75, 3.05) is 5.73 Å². The van der Waals surface area contributed by atoms with Gasteiger partial charge in [0.25, 0.3) is 0 Å². The van der Waals surface area contributed by atoms with Crippen LogP contribution in [0.2, 0.25) is 0 Å². The molecule has 0 saturated carbocycles. The fourth-order valence-corrected chi connectivity index (χ4v) is 2.94. The molecule has 0 atom stereocenters. The van der Waals surface area contributed by atoms with Crippen LogP contribution in [0.3, 0.4) is 0 Å². The van der Waals surface area contributed by atoms with E-state index >= 15 is 0 Å². The molecule has 0 aliphatic heterocycles. The fourth-order valence-electron chi connectivity index (χ4n) is 1.59. The van der Waals surface area contributed by atoms with E-state index in [1.54, 1.807) is 6.07 Å². The lowest BCUT2D eigenvalue weighted by Crippen LogP contribution is -2.11. The van der Waals surface area contributed by atoms with Crippen LogP contribution in [0, 0.1) is 0 Å². The quantitative estimate of drug-likeness (QED) is 0.647. The monoisotopic (exact) mass is 349 g/mol. The zero-order valence-electron chi connectivity index (χ0n) is 9.29. The first-order valence-corrected chi connectivity index (χ1v) is 6.77. The van der Waals surface area contributed by atoms with Crippen LogP contribution in [0.1, 0.15) is 21.5 Å². The van der Waals surface area contributed by atoms with Gasteiger partial charge < -0.3 is 5.73 Å². The van der Waals surface area contributed by atoms with E-state index in [1.165, 1.54) is 17.5 Å². The SMILES string of the molecule is Nc1cc(Br)cc(C(=O)c2cscc2C(F)(F)F)c1. The highest BCUT2D eigenvalue weighted by molar-refractivity contribution is 9.10. The Morgan fingerprint density at radius 2 is 1.89 bits per heavy atom. The molecule has 0 aliphatic rings. The molecule has 0 amide bonds. The number of rotatable bonds is 2. The molecule has 0 aliphatic carbocycles. The van der Waals surface area contributed by atoms with Gasteiger partial charge in [-0.25, -0.2) is 0 Å². The maximum Gasteiger partial charge on any atom is 0.417 e. The van der Waals surface area contributed by atoms with Crippen LogP contribution in [0.25, 0.3) is 0 Å². The Morgan fingerprint density at radius 3 is 2.47 bits per heavy atom. The third kappa shape index (κ3) is 2.98. The number of thiophene rings is 1. The number of hydrogen-bond acceptors (Lipinski definition) is 3. The molecule has 2 rings (SSSR count). The minimum absolute atomic E-state index is 0.121. The Bertz CT molecular complexity index is 616. The lowest BCUT2D eigenvalue weighted by atomic mass is 10.0. The van der Waals surface area contributed by atoms with Crippen LogP contribution in [0.4, 0.5) is 18.9 Å². The van der Waals surface area contributed by atoms with Crippen molar-refractivity contribution >= 4 is 38.7 Å². The fraction of sp³-hybridized carbons (Fsp3) is 0.0833. The largest absolute Gasteiger partial charge is 0.417 e. The van der Waals surface area contributed by atoms with E-state index < -0.39 is 17.5 Å². The van der Waals surface area contributed by atoms with Crippen LogP contribution in [0.15, 0.2) is 33.4 Å². The van der Waals surface area contributed by atoms with E-state index in [0.29, 0.717) is 10.2 Å². The van der Waals surface area contributed by atoms with Crippen molar-refractivity contribution in [1.29, 1.82) is 0 Å². The van der Waals surface area contributed by atoms with Crippen LogP contribution in [-0.4, -0.2) is 5.78 Å². The average molecular weight is 350 g/mol. The summed E-state index contributed by atoms with van der Waals surface area (Å²) in [4.78, 5) is 12.1. The molecule has 0 fully saturated rings. The highest BCUT2D eigenvalue weighted by atomic mass is 79.9. The molecule has 2 N–H and O–H groups in total.